The molecule has 0 bridgehead atoms. The summed E-state index contributed by atoms with van der Waals surface area (Å²) in [5.41, 5.74) is 0. The van der Waals surface area contributed by atoms with Gasteiger partial charge in [-0.15, -0.1) is 0 Å². The van der Waals surface area contributed by atoms with Crippen molar-refractivity contribution in [2.75, 3.05) is 7.05 Å². The van der Waals surface area contributed by atoms with Crippen molar-refractivity contribution in [3.8, 4) is 0 Å². The number of H-pyrrole nitrogens is 1. The predicted molar refractivity (Wildman–Crippen MR) is 68.5 cm³/mol. The lowest BCUT2D eigenvalue weighted by molar-refractivity contribution is -0.132. The molecule has 1 unspecified atom stereocenters. The average molecular weight is 277 g/mol. The third-order valence-electron chi connectivity index (χ3n) is 2.69. The molecule has 0 fully saturated rings. The molecule has 0 aliphatic rings. The highest BCUT2D eigenvalue weighted by atomic mass is 16.3. The topological polar surface area (TPSA) is 104 Å². The summed E-state index contributed by atoms with van der Waals surface area (Å²) in [6, 6.07) is 2.47. The van der Waals surface area contributed by atoms with Gasteiger partial charge in [0.1, 0.15) is 18.2 Å². The van der Waals surface area contributed by atoms with Gasteiger partial charge in [-0.1, -0.05) is 0 Å². The van der Waals surface area contributed by atoms with Crippen LogP contribution in [0.4, 0.5) is 0 Å². The summed E-state index contributed by atoms with van der Waals surface area (Å²) in [4.78, 5) is 29.2. The number of rotatable bonds is 5. The van der Waals surface area contributed by atoms with Gasteiger partial charge < -0.3 is 14.6 Å². The lowest BCUT2D eigenvalue weighted by atomic mass is 10.2. The van der Waals surface area contributed by atoms with Crippen molar-refractivity contribution in [2.24, 2.45) is 0 Å². The van der Waals surface area contributed by atoms with Crippen LogP contribution in [0.3, 0.4) is 0 Å². The third kappa shape index (κ3) is 3.22. The van der Waals surface area contributed by atoms with Crippen molar-refractivity contribution in [3.05, 3.63) is 36.3 Å². The number of furan rings is 1. The first-order valence-corrected chi connectivity index (χ1v) is 6.01. The first kappa shape index (κ1) is 13.8. The molecule has 0 radical (unpaired) electrons. The summed E-state index contributed by atoms with van der Waals surface area (Å²) in [6.07, 6.45) is 2.77. The molecule has 20 heavy (non-hydrogen) atoms. The zero-order valence-electron chi connectivity index (χ0n) is 11.2. The Hall–Kier alpha value is -2.64. The molecule has 0 aliphatic heterocycles. The predicted octanol–water partition coefficient (Wildman–Crippen LogP) is 0.175. The normalized spacial score (nSPS) is 11.9. The fourth-order valence-corrected chi connectivity index (χ4v) is 1.68. The van der Waals surface area contributed by atoms with E-state index in [0.717, 1.165) is 0 Å². The Bertz CT molecular complexity index is 564. The Labute approximate surface area is 115 Å². The van der Waals surface area contributed by atoms with E-state index < -0.39 is 11.9 Å². The summed E-state index contributed by atoms with van der Waals surface area (Å²) < 4.78 is 4.96. The second-order valence-corrected chi connectivity index (χ2v) is 4.30. The minimum Gasteiger partial charge on any atom is -0.459 e. The number of nitrogens with zero attached hydrogens (tertiary/aromatic N) is 3. The fraction of sp³-hybridized carbons (Fsp3) is 0.333. The maximum atomic E-state index is 12.1. The molecule has 2 aromatic heterocycles. The van der Waals surface area contributed by atoms with E-state index in [-0.39, 0.29) is 11.7 Å². The molecule has 0 aliphatic carbocycles. The van der Waals surface area contributed by atoms with Crippen molar-refractivity contribution in [1.29, 1.82) is 0 Å². The summed E-state index contributed by atoms with van der Waals surface area (Å²) in [5.74, 6) is 0.0816. The molecule has 2 aromatic rings. The summed E-state index contributed by atoms with van der Waals surface area (Å²) in [7, 11) is 1.63. The minimum absolute atomic E-state index is 0.169. The maximum absolute atomic E-state index is 12.1. The van der Waals surface area contributed by atoms with Gasteiger partial charge in [0, 0.05) is 7.05 Å². The van der Waals surface area contributed by atoms with E-state index in [9.17, 15) is 9.59 Å². The Kier molecular flexibility index (Phi) is 4.14. The van der Waals surface area contributed by atoms with E-state index in [0.29, 0.717) is 12.4 Å². The number of amides is 2. The second-order valence-electron chi connectivity index (χ2n) is 4.30. The van der Waals surface area contributed by atoms with Gasteiger partial charge in [-0.3, -0.25) is 14.7 Å². The van der Waals surface area contributed by atoms with Gasteiger partial charge in [0.05, 0.1) is 12.8 Å². The number of likely N-dealkylation sites (N-methyl/N-ethyl adjacent to an activating group) is 1. The van der Waals surface area contributed by atoms with Crippen LogP contribution in [0.2, 0.25) is 0 Å². The molecular formula is C12H15N5O3. The molecule has 106 valence electrons. The third-order valence-corrected chi connectivity index (χ3v) is 2.69. The molecule has 2 rings (SSSR count). The van der Waals surface area contributed by atoms with Gasteiger partial charge in [-0.25, -0.2) is 4.98 Å². The van der Waals surface area contributed by atoms with Crippen molar-refractivity contribution in [2.45, 2.75) is 19.5 Å². The average Bonchev–Trinajstić information content (AvgIpc) is 3.10. The first-order chi connectivity index (χ1) is 9.58. The number of aromatic amines is 1. The van der Waals surface area contributed by atoms with Crippen LogP contribution in [-0.4, -0.2) is 45.0 Å². The van der Waals surface area contributed by atoms with Crippen LogP contribution in [0.1, 0.15) is 23.3 Å². The second kappa shape index (κ2) is 6.00. The lowest BCUT2D eigenvalue weighted by Crippen LogP contribution is -2.45. The Morgan fingerprint density at radius 1 is 1.55 bits per heavy atom. The molecule has 8 heteroatoms. The van der Waals surface area contributed by atoms with Crippen molar-refractivity contribution >= 4 is 11.8 Å². The van der Waals surface area contributed by atoms with Crippen molar-refractivity contribution < 1.29 is 14.0 Å². The van der Waals surface area contributed by atoms with Crippen LogP contribution < -0.4 is 5.32 Å². The van der Waals surface area contributed by atoms with E-state index in [1.165, 1.54) is 23.6 Å². The fourth-order valence-electron chi connectivity index (χ4n) is 1.68. The highest BCUT2D eigenvalue weighted by Crippen LogP contribution is 2.02. The summed E-state index contributed by atoms with van der Waals surface area (Å²) in [5, 5.41) is 8.95. The number of aromatic nitrogens is 3. The molecule has 0 aromatic carbocycles. The molecule has 0 spiro atoms. The number of hydrogen-bond donors (Lipinski definition) is 2. The maximum Gasteiger partial charge on any atom is 0.287 e. The number of hydrogen-bond acceptors (Lipinski definition) is 5. The Morgan fingerprint density at radius 3 is 2.95 bits per heavy atom. The zero-order valence-corrected chi connectivity index (χ0v) is 11.2. The molecule has 1 atom stereocenters. The Morgan fingerprint density at radius 2 is 2.35 bits per heavy atom. The van der Waals surface area contributed by atoms with Gasteiger partial charge in [-0.2, -0.15) is 5.10 Å². The van der Waals surface area contributed by atoms with Gasteiger partial charge in [0.15, 0.2) is 5.76 Å². The summed E-state index contributed by atoms with van der Waals surface area (Å²) >= 11 is 0. The van der Waals surface area contributed by atoms with E-state index in [1.807, 2.05) is 0 Å². The van der Waals surface area contributed by atoms with Crippen LogP contribution in [0.25, 0.3) is 0 Å². The molecule has 8 nitrogen and oxygen atoms in total. The monoisotopic (exact) mass is 277 g/mol. The molecule has 2 N–H and O–H groups in total. The largest absolute Gasteiger partial charge is 0.459 e. The highest BCUT2D eigenvalue weighted by molar-refractivity contribution is 5.95. The van der Waals surface area contributed by atoms with Gasteiger partial charge in [-0.05, 0) is 19.1 Å². The zero-order chi connectivity index (χ0) is 14.5. The van der Waals surface area contributed by atoms with Gasteiger partial charge in [0.2, 0.25) is 5.91 Å². The van der Waals surface area contributed by atoms with Crippen LogP contribution in [-0.2, 0) is 11.3 Å². The molecule has 2 amide bonds. The lowest BCUT2D eigenvalue weighted by Gasteiger charge is -2.20. The van der Waals surface area contributed by atoms with E-state index >= 15 is 0 Å². The first-order valence-electron chi connectivity index (χ1n) is 6.01. The summed E-state index contributed by atoms with van der Waals surface area (Å²) in [6.45, 7) is 1.90. The molecule has 0 saturated carbocycles. The van der Waals surface area contributed by atoms with Gasteiger partial charge >= 0.3 is 0 Å². The van der Waals surface area contributed by atoms with E-state index in [1.54, 1.807) is 20.0 Å². The van der Waals surface area contributed by atoms with Gasteiger partial charge in [0.25, 0.3) is 5.91 Å². The number of carbonyl (C=O) groups is 2. The number of nitrogens with one attached hydrogen (secondary N) is 2. The molecular weight excluding hydrogens is 262 g/mol. The smallest absolute Gasteiger partial charge is 0.287 e. The number of carbonyl (C=O) groups excluding carboxylic acids is 2. The SMILES string of the molecule is CC(NC(=O)c1ccco1)C(=O)N(C)Cc1ncn[nH]1. The quantitative estimate of drug-likeness (QED) is 0.811. The highest BCUT2D eigenvalue weighted by Gasteiger charge is 2.21. The van der Waals surface area contributed by atoms with E-state index in [2.05, 4.69) is 20.5 Å². The minimum atomic E-state index is -0.666. The molecule has 0 saturated heterocycles. The van der Waals surface area contributed by atoms with Crippen LogP contribution in [0, 0.1) is 0 Å². The standard InChI is InChI=1S/C12H15N5O3/c1-8(15-11(18)9-4-3-5-20-9)12(19)17(2)6-10-13-7-14-16-10/h3-5,7-8H,6H2,1-2H3,(H,15,18)(H,13,14,16). The van der Waals surface area contributed by atoms with Crippen LogP contribution >= 0.6 is 0 Å². The van der Waals surface area contributed by atoms with Crippen LogP contribution in [0.5, 0.6) is 0 Å². The van der Waals surface area contributed by atoms with Crippen molar-refractivity contribution in [1.82, 2.24) is 25.4 Å². The Balaban J connectivity index is 1.89. The molecule has 2 heterocycles. The van der Waals surface area contributed by atoms with Crippen LogP contribution in [0.15, 0.2) is 29.1 Å². The van der Waals surface area contributed by atoms with Crippen molar-refractivity contribution in [3.63, 3.8) is 0 Å². The van der Waals surface area contributed by atoms with E-state index in [4.69, 9.17) is 4.42 Å².